The minimum Gasteiger partial charge on any atom is -0.493 e. The van der Waals surface area contributed by atoms with Crippen molar-refractivity contribution in [3.8, 4) is 5.75 Å². The number of ether oxygens (including phenoxy) is 1. The van der Waals surface area contributed by atoms with Crippen molar-refractivity contribution >= 4 is 34.8 Å². The lowest BCUT2D eigenvalue weighted by atomic mass is 10.2. The highest BCUT2D eigenvalue weighted by Crippen LogP contribution is 2.14. The largest absolute Gasteiger partial charge is 0.493 e. The Hall–Kier alpha value is -2.93. The number of carbonyl (C=O) groups is 2. The van der Waals surface area contributed by atoms with E-state index in [-0.39, 0.29) is 16.9 Å². The highest BCUT2D eigenvalue weighted by atomic mass is 32.1. The highest BCUT2D eigenvalue weighted by Gasteiger charge is 2.11. The van der Waals surface area contributed by atoms with Gasteiger partial charge in [0, 0.05) is 30.9 Å². The molecule has 0 spiro atoms. The Bertz CT molecular complexity index is 848. The van der Waals surface area contributed by atoms with Crippen molar-refractivity contribution in [3.63, 3.8) is 0 Å². The van der Waals surface area contributed by atoms with Crippen LogP contribution < -0.4 is 15.4 Å². The molecule has 28 heavy (non-hydrogen) atoms. The van der Waals surface area contributed by atoms with Gasteiger partial charge in [0.1, 0.15) is 5.75 Å². The summed E-state index contributed by atoms with van der Waals surface area (Å²) in [5.74, 6) is 0.707. The highest BCUT2D eigenvalue weighted by molar-refractivity contribution is 7.80. The summed E-state index contributed by atoms with van der Waals surface area (Å²) in [4.78, 5) is 25.9. The van der Waals surface area contributed by atoms with E-state index in [0.29, 0.717) is 35.1 Å². The van der Waals surface area contributed by atoms with Crippen LogP contribution in [0, 0.1) is 5.92 Å². The van der Waals surface area contributed by atoms with Crippen molar-refractivity contribution in [2.24, 2.45) is 5.92 Å². The lowest BCUT2D eigenvalue weighted by Gasteiger charge is -2.13. The van der Waals surface area contributed by atoms with Gasteiger partial charge in [-0.3, -0.25) is 14.9 Å². The first-order valence-electron chi connectivity index (χ1n) is 8.93. The zero-order valence-electron chi connectivity index (χ0n) is 16.5. The monoisotopic (exact) mass is 399 g/mol. The molecule has 0 bridgehead atoms. The number of amides is 2. The minimum absolute atomic E-state index is 0.113. The van der Waals surface area contributed by atoms with Crippen LogP contribution in [0.2, 0.25) is 0 Å². The zero-order chi connectivity index (χ0) is 20.7. The first-order chi connectivity index (χ1) is 13.3. The zero-order valence-corrected chi connectivity index (χ0v) is 17.3. The van der Waals surface area contributed by atoms with Gasteiger partial charge in [0.05, 0.1) is 6.61 Å². The first-order valence-corrected chi connectivity index (χ1v) is 9.34. The van der Waals surface area contributed by atoms with Crippen molar-refractivity contribution in [1.82, 2.24) is 10.2 Å². The van der Waals surface area contributed by atoms with Crippen molar-refractivity contribution < 1.29 is 14.3 Å². The molecule has 0 aromatic heterocycles. The van der Waals surface area contributed by atoms with E-state index >= 15 is 0 Å². The van der Waals surface area contributed by atoms with Gasteiger partial charge >= 0.3 is 0 Å². The maximum atomic E-state index is 12.3. The van der Waals surface area contributed by atoms with Gasteiger partial charge in [0.2, 0.25) is 0 Å². The summed E-state index contributed by atoms with van der Waals surface area (Å²) in [5, 5.41) is 5.71. The second-order valence-electron chi connectivity index (χ2n) is 6.92. The summed E-state index contributed by atoms with van der Waals surface area (Å²) in [7, 11) is 3.37. The molecule has 2 N–H and O–H groups in total. The average molecular weight is 400 g/mol. The third-order valence-corrected chi connectivity index (χ3v) is 3.90. The maximum Gasteiger partial charge on any atom is 0.257 e. The van der Waals surface area contributed by atoms with Gasteiger partial charge < -0.3 is 15.0 Å². The molecular formula is C21H25N3O3S. The fraction of sp³-hybridized carbons (Fsp3) is 0.286. The van der Waals surface area contributed by atoms with Crippen LogP contribution in [0.5, 0.6) is 5.75 Å². The molecule has 0 aliphatic heterocycles. The number of anilines is 1. The predicted octanol–water partition coefficient (Wildman–Crippen LogP) is 3.55. The Morgan fingerprint density at radius 3 is 2.36 bits per heavy atom. The standard InChI is InChI=1S/C21H25N3O3S/c1-14(2)13-27-18-10-8-15(9-11-18)19(25)23-21(28)22-17-7-5-6-16(12-17)20(26)24(3)4/h5-12,14H,13H2,1-4H3,(H2,22,23,25,28). The van der Waals surface area contributed by atoms with Crippen LogP contribution in [0.25, 0.3) is 0 Å². The number of rotatable bonds is 6. The van der Waals surface area contributed by atoms with Gasteiger partial charge in [-0.05, 0) is 60.6 Å². The number of nitrogens with zero attached hydrogens (tertiary/aromatic N) is 1. The van der Waals surface area contributed by atoms with Crippen molar-refractivity contribution in [2.45, 2.75) is 13.8 Å². The van der Waals surface area contributed by atoms with E-state index < -0.39 is 0 Å². The van der Waals surface area contributed by atoms with Gasteiger partial charge in [-0.2, -0.15) is 0 Å². The van der Waals surface area contributed by atoms with Crippen LogP contribution in [0.3, 0.4) is 0 Å². The van der Waals surface area contributed by atoms with Gasteiger partial charge in [-0.1, -0.05) is 19.9 Å². The number of hydrogen-bond donors (Lipinski definition) is 2. The average Bonchev–Trinajstić information content (AvgIpc) is 2.66. The normalized spacial score (nSPS) is 10.3. The summed E-state index contributed by atoms with van der Waals surface area (Å²) in [5.41, 5.74) is 1.62. The molecule has 0 aliphatic rings. The van der Waals surface area contributed by atoms with Gasteiger partial charge in [0.15, 0.2) is 5.11 Å². The molecule has 2 rings (SSSR count). The smallest absolute Gasteiger partial charge is 0.257 e. The van der Waals surface area contributed by atoms with Crippen molar-refractivity contribution in [2.75, 3.05) is 26.0 Å². The summed E-state index contributed by atoms with van der Waals surface area (Å²) >= 11 is 5.21. The Morgan fingerprint density at radius 2 is 1.75 bits per heavy atom. The molecule has 6 nitrogen and oxygen atoms in total. The molecule has 0 saturated carbocycles. The summed E-state index contributed by atoms with van der Waals surface area (Å²) in [6.07, 6.45) is 0. The number of thiocarbonyl (C=S) groups is 1. The summed E-state index contributed by atoms with van der Waals surface area (Å²) < 4.78 is 5.61. The van der Waals surface area contributed by atoms with E-state index in [1.807, 2.05) is 0 Å². The molecule has 0 saturated heterocycles. The molecule has 0 unspecified atom stereocenters. The lowest BCUT2D eigenvalue weighted by molar-refractivity contribution is 0.0827. The summed E-state index contributed by atoms with van der Waals surface area (Å²) in [6, 6.07) is 13.8. The molecule has 0 atom stereocenters. The molecule has 0 fully saturated rings. The minimum atomic E-state index is -0.326. The van der Waals surface area contributed by atoms with Gasteiger partial charge in [0.25, 0.3) is 11.8 Å². The number of nitrogens with one attached hydrogen (secondary N) is 2. The Kier molecular flexibility index (Phi) is 7.52. The number of hydrogen-bond acceptors (Lipinski definition) is 4. The first kappa shape index (κ1) is 21.4. The molecule has 0 aliphatic carbocycles. The molecule has 0 radical (unpaired) electrons. The lowest BCUT2D eigenvalue weighted by Crippen LogP contribution is -2.34. The van der Waals surface area contributed by atoms with Crippen LogP contribution in [0.15, 0.2) is 48.5 Å². The fourth-order valence-corrected chi connectivity index (χ4v) is 2.50. The third-order valence-electron chi connectivity index (χ3n) is 3.70. The van der Waals surface area contributed by atoms with Crippen LogP contribution in [0.1, 0.15) is 34.6 Å². The molecule has 0 heterocycles. The molecular weight excluding hydrogens is 374 g/mol. The van der Waals surface area contributed by atoms with E-state index in [1.54, 1.807) is 62.6 Å². The molecule has 7 heteroatoms. The molecule has 148 valence electrons. The van der Waals surface area contributed by atoms with E-state index in [2.05, 4.69) is 24.5 Å². The SMILES string of the molecule is CC(C)COc1ccc(C(=O)NC(=S)Nc2cccc(C(=O)N(C)C)c2)cc1. The number of benzene rings is 2. The van der Waals surface area contributed by atoms with E-state index in [4.69, 9.17) is 17.0 Å². The van der Waals surface area contributed by atoms with E-state index in [9.17, 15) is 9.59 Å². The van der Waals surface area contributed by atoms with Crippen LogP contribution in [-0.2, 0) is 0 Å². The second kappa shape index (κ2) is 9.85. The Labute approximate surface area is 170 Å². The predicted molar refractivity (Wildman–Crippen MR) is 115 cm³/mol. The topological polar surface area (TPSA) is 70.7 Å². The van der Waals surface area contributed by atoms with Crippen molar-refractivity contribution in [3.05, 3.63) is 59.7 Å². The fourth-order valence-electron chi connectivity index (χ4n) is 2.29. The van der Waals surface area contributed by atoms with E-state index in [1.165, 1.54) is 4.90 Å². The van der Waals surface area contributed by atoms with Gasteiger partial charge in [-0.25, -0.2) is 0 Å². The van der Waals surface area contributed by atoms with Crippen LogP contribution >= 0.6 is 12.2 Å². The second-order valence-corrected chi connectivity index (χ2v) is 7.33. The Balaban J connectivity index is 1.95. The summed E-state index contributed by atoms with van der Waals surface area (Å²) in [6.45, 7) is 4.76. The van der Waals surface area contributed by atoms with Crippen molar-refractivity contribution in [1.29, 1.82) is 0 Å². The maximum absolute atomic E-state index is 12.3. The van der Waals surface area contributed by atoms with Gasteiger partial charge in [-0.15, -0.1) is 0 Å². The molecule has 2 aromatic carbocycles. The molecule has 2 amide bonds. The Morgan fingerprint density at radius 1 is 1.07 bits per heavy atom. The third kappa shape index (κ3) is 6.35. The van der Waals surface area contributed by atoms with Crippen LogP contribution in [0.4, 0.5) is 5.69 Å². The van der Waals surface area contributed by atoms with E-state index in [0.717, 1.165) is 0 Å². The number of carbonyl (C=O) groups excluding carboxylic acids is 2. The van der Waals surface area contributed by atoms with Crippen LogP contribution in [-0.4, -0.2) is 42.5 Å². The quantitative estimate of drug-likeness (QED) is 0.727. The molecule has 2 aromatic rings.